The number of hydrogen-bond acceptors (Lipinski definition) is 4. The van der Waals surface area contributed by atoms with E-state index in [2.05, 4.69) is 26.3 Å². The minimum absolute atomic E-state index is 0.190. The van der Waals surface area contributed by atoms with E-state index in [0.717, 1.165) is 56.1 Å². The van der Waals surface area contributed by atoms with Crippen molar-refractivity contribution in [2.75, 3.05) is 18.0 Å². The molecule has 0 spiro atoms. The molecule has 24 heavy (non-hydrogen) atoms. The van der Waals surface area contributed by atoms with Gasteiger partial charge in [-0.05, 0) is 52.4 Å². The minimum atomic E-state index is 0.190. The van der Waals surface area contributed by atoms with Crippen LogP contribution in [0.15, 0.2) is 17.7 Å². The van der Waals surface area contributed by atoms with Gasteiger partial charge < -0.3 is 10.2 Å². The highest BCUT2D eigenvalue weighted by atomic mass is 16.1. The van der Waals surface area contributed by atoms with Crippen molar-refractivity contribution in [3.63, 3.8) is 0 Å². The second kappa shape index (κ2) is 7.77. The van der Waals surface area contributed by atoms with E-state index in [4.69, 9.17) is 0 Å². The van der Waals surface area contributed by atoms with Gasteiger partial charge in [-0.1, -0.05) is 11.6 Å². The zero-order valence-electron chi connectivity index (χ0n) is 14.8. The molecule has 0 bridgehead atoms. The van der Waals surface area contributed by atoms with Crippen molar-refractivity contribution in [1.29, 1.82) is 0 Å². The Kier molecular flexibility index (Phi) is 5.48. The molecule has 0 radical (unpaired) electrons. The normalized spacial score (nSPS) is 19.1. The van der Waals surface area contributed by atoms with E-state index in [1.165, 1.54) is 18.4 Å². The van der Waals surface area contributed by atoms with Gasteiger partial charge >= 0.3 is 0 Å². The van der Waals surface area contributed by atoms with Gasteiger partial charge in [-0.3, -0.25) is 4.79 Å². The van der Waals surface area contributed by atoms with Crippen LogP contribution in [-0.4, -0.2) is 35.0 Å². The van der Waals surface area contributed by atoms with Crippen LogP contribution in [0.4, 0.5) is 5.82 Å². The molecule has 130 valence electrons. The maximum Gasteiger partial charge on any atom is 0.224 e. The predicted octanol–water partition coefficient (Wildman–Crippen LogP) is 3.07. The Morgan fingerprint density at radius 3 is 2.71 bits per heavy atom. The second-order valence-corrected chi connectivity index (χ2v) is 7.03. The molecule has 3 rings (SSSR count). The number of allylic oxidation sites excluding steroid dienone is 1. The molecule has 1 fully saturated rings. The summed E-state index contributed by atoms with van der Waals surface area (Å²) in [4.78, 5) is 23.4. The Bertz CT molecular complexity index is 598. The number of carbonyl (C=O) groups is 1. The van der Waals surface area contributed by atoms with Crippen LogP contribution >= 0.6 is 0 Å². The summed E-state index contributed by atoms with van der Waals surface area (Å²) >= 11 is 0. The lowest BCUT2D eigenvalue weighted by Gasteiger charge is -2.33. The summed E-state index contributed by atoms with van der Waals surface area (Å²) in [6.45, 7) is 5.81. The summed E-state index contributed by atoms with van der Waals surface area (Å²) in [5.41, 5.74) is 2.33. The standard InChI is InChI=1S/C19H28N4O/c1-14-12-18(21-15(2)20-14)23-10-8-17(9-11-23)22-19(24)13-16-6-4-3-5-7-16/h6,12,17H,3-5,7-11,13H2,1-2H3,(H,22,24). The molecule has 5 heteroatoms. The number of aromatic nitrogens is 2. The number of amides is 1. The summed E-state index contributed by atoms with van der Waals surface area (Å²) in [7, 11) is 0. The number of hydrogen-bond donors (Lipinski definition) is 1. The fourth-order valence-electron chi connectivity index (χ4n) is 3.66. The Balaban J connectivity index is 1.48. The lowest BCUT2D eigenvalue weighted by molar-refractivity contribution is -0.121. The van der Waals surface area contributed by atoms with Gasteiger partial charge in [0, 0.05) is 37.3 Å². The highest BCUT2D eigenvalue weighted by Crippen LogP contribution is 2.21. The molecule has 2 aliphatic rings. The predicted molar refractivity (Wildman–Crippen MR) is 96.1 cm³/mol. The first-order valence-electron chi connectivity index (χ1n) is 9.14. The van der Waals surface area contributed by atoms with Crippen molar-refractivity contribution < 1.29 is 4.79 Å². The molecular formula is C19H28N4O. The summed E-state index contributed by atoms with van der Waals surface area (Å²) < 4.78 is 0. The lowest BCUT2D eigenvalue weighted by Crippen LogP contribution is -2.45. The zero-order chi connectivity index (χ0) is 16.9. The summed E-state index contributed by atoms with van der Waals surface area (Å²) in [6.07, 6.45) is 9.54. The van der Waals surface area contributed by atoms with Crippen molar-refractivity contribution in [2.24, 2.45) is 0 Å². The monoisotopic (exact) mass is 328 g/mol. The summed E-state index contributed by atoms with van der Waals surface area (Å²) in [5, 5.41) is 3.22. The maximum atomic E-state index is 12.2. The highest BCUT2D eigenvalue weighted by molar-refractivity contribution is 5.78. The van der Waals surface area contributed by atoms with Crippen LogP contribution in [0.2, 0.25) is 0 Å². The first kappa shape index (κ1) is 16.9. The number of nitrogens with one attached hydrogen (secondary N) is 1. The molecule has 1 N–H and O–H groups in total. The van der Waals surface area contributed by atoms with Crippen LogP contribution in [0.5, 0.6) is 0 Å². The fourth-order valence-corrected chi connectivity index (χ4v) is 3.66. The smallest absolute Gasteiger partial charge is 0.224 e. The third kappa shape index (κ3) is 4.56. The number of aryl methyl sites for hydroxylation is 2. The molecule has 0 aromatic carbocycles. The zero-order valence-corrected chi connectivity index (χ0v) is 14.8. The average molecular weight is 328 g/mol. The quantitative estimate of drug-likeness (QED) is 0.863. The van der Waals surface area contributed by atoms with Gasteiger partial charge in [0.2, 0.25) is 5.91 Å². The van der Waals surface area contributed by atoms with Crippen molar-refractivity contribution in [2.45, 2.75) is 64.8 Å². The number of nitrogens with zero attached hydrogens (tertiary/aromatic N) is 3. The van der Waals surface area contributed by atoms with Gasteiger partial charge in [-0.25, -0.2) is 9.97 Å². The molecule has 1 aliphatic heterocycles. The fraction of sp³-hybridized carbons (Fsp3) is 0.632. The van der Waals surface area contributed by atoms with Crippen molar-refractivity contribution >= 4 is 11.7 Å². The van der Waals surface area contributed by atoms with E-state index in [1.54, 1.807) is 0 Å². The van der Waals surface area contributed by atoms with Crippen molar-refractivity contribution in [1.82, 2.24) is 15.3 Å². The molecule has 1 aliphatic carbocycles. The maximum absolute atomic E-state index is 12.2. The summed E-state index contributed by atoms with van der Waals surface area (Å²) in [5.74, 6) is 2.02. The molecule has 0 unspecified atom stereocenters. The average Bonchev–Trinajstić information content (AvgIpc) is 2.55. The van der Waals surface area contributed by atoms with E-state index in [-0.39, 0.29) is 5.91 Å². The van der Waals surface area contributed by atoms with Crippen molar-refractivity contribution in [3.05, 3.63) is 29.2 Å². The Morgan fingerprint density at radius 1 is 1.25 bits per heavy atom. The van der Waals surface area contributed by atoms with Crippen LogP contribution in [0.3, 0.4) is 0 Å². The topological polar surface area (TPSA) is 58.1 Å². The van der Waals surface area contributed by atoms with E-state index >= 15 is 0 Å². The SMILES string of the molecule is Cc1cc(N2CCC(NC(=O)CC3=CCCCC3)CC2)nc(C)n1. The number of rotatable bonds is 4. The summed E-state index contributed by atoms with van der Waals surface area (Å²) in [6, 6.07) is 2.34. The van der Waals surface area contributed by atoms with Gasteiger partial charge in [-0.2, -0.15) is 0 Å². The van der Waals surface area contributed by atoms with Gasteiger partial charge in [0.05, 0.1) is 0 Å². The molecule has 1 aromatic rings. The Morgan fingerprint density at radius 2 is 2.04 bits per heavy atom. The third-order valence-electron chi connectivity index (χ3n) is 4.91. The number of carbonyl (C=O) groups excluding carboxylic acids is 1. The molecular weight excluding hydrogens is 300 g/mol. The van der Waals surface area contributed by atoms with Crippen LogP contribution in [-0.2, 0) is 4.79 Å². The molecule has 1 amide bonds. The highest BCUT2D eigenvalue weighted by Gasteiger charge is 2.22. The molecule has 2 heterocycles. The van der Waals surface area contributed by atoms with E-state index in [0.29, 0.717) is 12.5 Å². The number of piperidine rings is 1. The first-order chi connectivity index (χ1) is 11.6. The van der Waals surface area contributed by atoms with Gasteiger partial charge in [-0.15, -0.1) is 0 Å². The van der Waals surface area contributed by atoms with Crippen LogP contribution in [0.25, 0.3) is 0 Å². The molecule has 5 nitrogen and oxygen atoms in total. The van der Waals surface area contributed by atoms with Crippen LogP contribution in [0, 0.1) is 13.8 Å². The Hall–Kier alpha value is -1.91. The molecule has 1 aromatic heterocycles. The van der Waals surface area contributed by atoms with E-state index in [1.807, 2.05) is 19.9 Å². The molecule has 0 atom stereocenters. The first-order valence-corrected chi connectivity index (χ1v) is 9.14. The van der Waals surface area contributed by atoms with E-state index < -0.39 is 0 Å². The third-order valence-corrected chi connectivity index (χ3v) is 4.91. The molecule has 0 saturated carbocycles. The Labute approximate surface area is 144 Å². The van der Waals surface area contributed by atoms with Gasteiger partial charge in [0.15, 0.2) is 0 Å². The van der Waals surface area contributed by atoms with Crippen molar-refractivity contribution in [3.8, 4) is 0 Å². The second-order valence-electron chi connectivity index (χ2n) is 7.03. The van der Waals surface area contributed by atoms with Crippen LogP contribution < -0.4 is 10.2 Å². The van der Waals surface area contributed by atoms with Gasteiger partial charge in [0.25, 0.3) is 0 Å². The largest absolute Gasteiger partial charge is 0.356 e. The minimum Gasteiger partial charge on any atom is -0.356 e. The van der Waals surface area contributed by atoms with Crippen LogP contribution in [0.1, 0.15) is 56.5 Å². The number of anilines is 1. The van der Waals surface area contributed by atoms with Gasteiger partial charge in [0.1, 0.15) is 11.6 Å². The van der Waals surface area contributed by atoms with E-state index in [9.17, 15) is 4.79 Å². The molecule has 1 saturated heterocycles. The lowest BCUT2D eigenvalue weighted by atomic mass is 9.96.